The fourth-order valence-electron chi connectivity index (χ4n) is 4.59. The van der Waals surface area contributed by atoms with Crippen LogP contribution in [0.4, 0.5) is 19.0 Å². The fourth-order valence-corrected chi connectivity index (χ4v) is 4.59. The van der Waals surface area contributed by atoms with Crippen LogP contribution in [0.15, 0.2) is 66.9 Å². The van der Waals surface area contributed by atoms with Crippen molar-refractivity contribution in [2.24, 2.45) is 0 Å². The average Bonchev–Trinajstić information content (AvgIpc) is 3.22. The number of pyridine rings is 1. The molecule has 184 valence electrons. The summed E-state index contributed by atoms with van der Waals surface area (Å²) in [5.41, 5.74) is 9.70. The minimum absolute atomic E-state index is 0.0481. The topological polar surface area (TPSA) is 94.7 Å². The van der Waals surface area contributed by atoms with Gasteiger partial charge in [-0.3, -0.25) is 4.79 Å². The summed E-state index contributed by atoms with van der Waals surface area (Å²) in [4.78, 5) is 15.5. The molecule has 0 amide bonds. The summed E-state index contributed by atoms with van der Waals surface area (Å²) in [6, 6.07) is 17.7. The molecular weight excluding hydrogens is 473 g/mol. The Labute approximate surface area is 204 Å². The van der Waals surface area contributed by atoms with E-state index in [1.807, 2.05) is 42.5 Å². The van der Waals surface area contributed by atoms with Gasteiger partial charge in [0.1, 0.15) is 23.4 Å². The quantitative estimate of drug-likeness (QED) is 0.338. The molecule has 3 N–H and O–H groups in total. The minimum Gasteiger partial charge on any atom is -0.485 e. The highest BCUT2D eigenvalue weighted by molar-refractivity contribution is 5.94. The highest BCUT2D eigenvalue weighted by Crippen LogP contribution is 2.41. The van der Waals surface area contributed by atoms with E-state index in [9.17, 15) is 23.1 Å². The molecule has 0 spiro atoms. The third-order valence-electron chi connectivity index (χ3n) is 6.21. The van der Waals surface area contributed by atoms with Gasteiger partial charge in [0.15, 0.2) is 0 Å². The number of fused-ring (bicyclic) bond motifs is 2. The van der Waals surface area contributed by atoms with Gasteiger partial charge in [-0.25, -0.2) is 4.98 Å². The second-order valence-electron chi connectivity index (χ2n) is 8.54. The van der Waals surface area contributed by atoms with E-state index in [-0.39, 0.29) is 11.3 Å². The van der Waals surface area contributed by atoms with Crippen LogP contribution in [0.3, 0.4) is 0 Å². The van der Waals surface area contributed by atoms with Crippen LogP contribution >= 0.6 is 0 Å². The lowest BCUT2D eigenvalue weighted by Gasteiger charge is -2.20. The highest BCUT2D eigenvalue weighted by atomic mass is 19.4. The monoisotopic (exact) mass is 494 g/mol. The Balaban J connectivity index is 1.49. The maximum atomic E-state index is 12.9. The SMILES string of the molecule is Nc1nccc2ccc(-c3ccc4c(c3)[C@H](Oc3cccc(OC(F)(F)F)c3CC(=O)O)CC4)cc12. The Morgan fingerprint density at radius 2 is 1.81 bits per heavy atom. The first kappa shape index (κ1) is 23.5. The average molecular weight is 494 g/mol. The van der Waals surface area contributed by atoms with Crippen molar-refractivity contribution in [1.29, 1.82) is 0 Å². The number of nitrogens with zero attached hydrogens (tertiary/aromatic N) is 1. The van der Waals surface area contributed by atoms with E-state index in [2.05, 4.69) is 9.72 Å². The van der Waals surface area contributed by atoms with E-state index in [1.54, 1.807) is 6.20 Å². The number of carboxylic acid groups (broad SMARTS) is 1. The second-order valence-corrected chi connectivity index (χ2v) is 8.54. The zero-order valence-electron chi connectivity index (χ0n) is 18.9. The Morgan fingerprint density at radius 1 is 1.06 bits per heavy atom. The number of nitrogens with two attached hydrogens (primary N) is 1. The summed E-state index contributed by atoms with van der Waals surface area (Å²) in [6.45, 7) is 0. The van der Waals surface area contributed by atoms with Gasteiger partial charge < -0.3 is 20.3 Å². The number of ether oxygens (including phenoxy) is 2. The number of carbonyl (C=O) groups is 1. The maximum Gasteiger partial charge on any atom is 0.573 e. The summed E-state index contributed by atoms with van der Waals surface area (Å²) in [5.74, 6) is -1.40. The van der Waals surface area contributed by atoms with Crippen molar-refractivity contribution in [3.05, 3.63) is 83.6 Å². The Bertz CT molecular complexity index is 1470. The van der Waals surface area contributed by atoms with Gasteiger partial charge in [-0.1, -0.05) is 30.3 Å². The number of rotatable bonds is 6. The number of anilines is 1. The highest BCUT2D eigenvalue weighted by Gasteiger charge is 2.33. The van der Waals surface area contributed by atoms with Crippen LogP contribution < -0.4 is 15.2 Å². The van der Waals surface area contributed by atoms with Crippen LogP contribution in [-0.4, -0.2) is 22.4 Å². The molecule has 0 radical (unpaired) electrons. The van der Waals surface area contributed by atoms with Crippen LogP contribution in [0, 0.1) is 0 Å². The summed E-state index contributed by atoms with van der Waals surface area (Å²) in [6.07, 6.45) is -3.11. The van der Waals surface area contributed by atoms with Crippen molar-refractivity contribution in [2.45, 2.75) is 31.7 Å². The molecule has 5 rings (SSSR count). The van der Waals surface area contributed by atoms with Gasteiger partial charge in [-0.2, -0.15) is 0 Å². The first-order chi connectivity index (χ1) is 17.2. The molecule has 1 aliphatic rings. The lowest BCUT2D eigenvalue weighted by atomic mass is 9.98. The van der Waals surface area contributed by atoms with Gasteiger partial charge in [0, 0.05) is 17.1 Å². The number of aryl methyl sites for hydroxylation is 1. The van der Waals surface area contributed by atoms with E-state index in [0.29, 0.717) is 12.2 Å². The number of hydrogen-bond donors (Lipinski definition) is 2. The van der Waals surface area contributed by atoms with Crippen molar-refractivity contribution in [2.75, 3.05) is 5.73 Å². The van der Waals surface area contributed by atoms with Gasteiger partial charge >= 0.3 is 12.3 Å². The van der Waals surface area contributed by atoms with Gasteiger partial charge in [0.05, 0.1) is 6.42 Å². The summed E-state index contributed by atoms with van der Waals surface area (Å²) in [7, 11) is 0. The van der Waals surface area contributed by atoms with Crippen LogP contribution in [0.5, 0.6) is 11.5 Å². The van der Waals surface area contributed by atoms with Gasteiger partial charge in [-0.15, -0.1) is 13.2 Å². The molecule has 3 aromatic carbocycles. The Kier molecular flexibility index (Phi) is 5.91. The molecule has 0 fully saturated rings. The normalized spacial score (nSPS) is 15.0. The first-order valence-electron chi connectivity index (χ1n) is 11.2. The predicted octanol–water partition coefficient (Wildman–Crippen LogP) is 6.08. The van der Waals surface area contributed by atoms with Crippen LogP contribution in [-0.2, 0) is 17.6 Å². The number of carboxylic acids is 1. The lowest BCUT2D eigenvalue weighted by molar-refractivity contribution is -0.275. The van der Waals surface area contributed by atoms with Crippen molar-refractivity contribution in [3.63, 3.8) is 0 Å². The second kappa shape index (κ2) is 9.07. The summed E-state index contributed by atoms with van der Waals surface area (Å²) >= 11 is 0. The smallest absolute Gasteiger partial charge is 0.485 e. The number of benzene rings is 3. The molecule has 0 unspecified atom stereocenters. The van der Waals surface area contributed by atoms with Crippen molar-refractivity contribution < 1.29 is 32.5 Å². The molecule has 36 heavy (non-hydrogen) atoms. The van der Waals surface area contributed by atoms with E-state index < -0.39 is 30.6 Å². The number of nitrogen functional groups attached to an aromatic ring is 1. The molecule has 1 atom stereocenters. The molecule has 1 aromatic heterocycles. The first-order valence-corrected chi connectivity index (χ1v) is 11.2. The van der Waals surface area contributed by atoms with Gasteiger partial charge in [0.25, 0.3) is 0 Å². The van der Waals surface area contributed by atoms with E-state index in [4.69, 9.17) is 10.5 Å². The van der Waals surface area contributed by atoms with Gasteiger partial charge in [0.2, 0.25) is 0 Å². The lowest BCUT2D eigenvalue weighted by Crippen LogP contribution is -2.19. The predicted molar refractivity (Wildman–Crippen MR) is 128 cm³/mol. The third kappa shape index (κ3) is 4.77. The molecule has 0 saturated carbocycles. The number of aromatic nitrogens is 1. The molecule has 4 aromatic rings. The minimum atomic E-state index is -4.96. The number of hydrogen-bond acceptors (Lipinski definition) is 5. The fraction of sp³-hybridized carbons (Fsp3) is 0.185. The number of halogens is 3. The molecule has 6 nitrogen and oxygen atoms in total. The van der Waals surface area contributed by atoms with Gasteiger partial charge in [-0.05, 0) is 70.8 Å². The maximum absolute atomic E-state index is 12.9. The summed E-state index contributed by atoms with van der Waals surface area (Å²) < 4.78 is 48.9. The van der Waals surface area contributed by atoms with Crippen molar-refractivity contribution in [1.82, 2.24) is 4.98 Å². The number of alkyl halides is 3. The Hall–Kier alpha value is -4.27. The molecule has 0 aliphatic heterocycles. The van der Waals surface area contributed by atoms with Crippen LogP contribution in [0.1, 0.15) is 29.2 Å². The van der Waals surface area contributed by atoms with E-state index in [0.717, 1.165) is 45.5 Å². The molecule has 1 heterocycles. The largest absolute Gasteiger partial charge is 0.573 e. The molecule has 9 heteroatoms. The van der Waals surface area contributed by atoms with Crippen LogP contribution in [0.2, 0.25) is 0 Å². The number of aliphatic carboxylic acids is 1. The van der Waals surface area contributed by atoms with E-state index in [1.165, 1.54) is 12.1 Å². The molecule has 0 bridgehead atoms. The van der Waals surface area contributed by atoms with Crippen LogP contribution in [0.25, 0.3) is 21.9 Å². The Morgan fingerprint density at radius 3 is 2.58 bits per heavy atom. The zero-order chi connectivity index (χ0) is 25.4. The molecule has 1 aliphatic carbocycles. The van der Waals surface area contributed by atoms with Crippen molar-refractivity contribution in [3.8, 4) is 22.6 Å². The third-order valence-corrected chi connectivity index (χ3v) is 6.21. The molecular formula is C27H21F3N2O4. The zero-order valence-corrected chi connectivity index (χ0v) is 18.9. The van der Waals surface area contributed by atoms with E-state index >= 15 is 0 Å². The standard InChI is InChI=1S/C27H21F3N2O4/c28-27(29,30)36-24-3-1-2-22(21(24)14-25(33)34)35-23-9-8-15-4-6-17(12-19(15)23)18-7-5-16-10-11-32-26(31)20(16)13-18/h1-7,10-13,23H,8-9,14H2,(H2,31,32)(H,33,34)/t23-/m1/s1. The van der Waals surface area contributed by atoms with Crippen molar-refractivity contribution >= 4 is 22.6 Å². The summed E-state index contributed by atoms with van der Waals surface area (Å²) in [5, 5.41) is 11.1. The molecule has 0 saturated heterocycles.